The Morgan fingerprint density at radius 3 is 0.741 bits per heavy atom. The van der Waals surface area contributed by atoms with E-state index in [1.807, 2.05) is 0 Å². The molecule has 0 amide bonds. The molecule has 0 saturated heterocycles. The molecule has 29 heteroatoms. The zero-order chi connectivity index (χ0) is 58.9. The molecule has 0 unspecified atom stereocenters. The van der Waals surface area contributed by atoms with Crippen molar-refractivity contribution in [3.05, 3.63) is 177 Å². The van der Waals surface area contributed by atoms with Gasteiger partial charge in [-0.3, -0.25) is 0 Å². The van der Waals surface area contributed by atoms with Crippen molar-refractivity contribution in [1.29, 1.82) is 0 Å². The van der Waals surface area contributed by atoms with Gasteiger partial charge >= 0.3 is 19.5 Å². The van der Waals surface area contributed by atoms with E-state index in [2.05, 4.69) is 0 Å². The molecular formula is C56H16Cl16N8O4Zn. The van der Waals surface area contributed by atoms with Gasteiger partial charge in [-0.2, -0.15) is 0 Å². The Morgan fingerprint density at radius 2 is 0.471 bits per heavy atom. The van der Waals surface area contributed by atoms with Gasteiger partial charge in [0.15, 0.2) is 23.0 Å². The summed E-state index contributed by atoms with van der Waals surface area (Å²) in [5, 5.41) is -1.11. The molecule has 2 aliphatic heterocycles. The first-order chi connectivity index (χ1) is 40.3. The van der Waals surface area contributed by atoms with E-state index in [9.17, 15) is 0 Å². The predicted molar refractivity (Wildman–Crippen MR) is 340 cm³/mol. The molecule has 0 N–H and O–H groups in total. The second-order valence-electron chi connectivity index (χ2n) is 17.7. The maximum atomic E-state index is 7.42. The van der Waals surface area contributed by atoms with Crippen LogP contribution in [0.2, 0.25) is 80.4 Å². The second kappa shape index (κ2) is 23.8. The van der Waals surface area contributed by atoms with Crippen LogP contribution in [0.4, 0.5) is 0 Å². The smallest absolute Gasteiger partial charge is 0.453 e. The average molecular weight is 1500 g/mol. The van der Waals surface area contributed by atoms with E-state index in [1.165, 1.54) is 0 Å². The molecule has 12 nitrogen and oxygen atoms in total. The van der Waals surface area contributed by atoms with Crippen molar-refractivity contribution in [1.82, 2.24) is 39.9 Å². The van der Waals surface area contributed by atoms with Crippen LogP contribution in [0, 0.1) is 0 Å². The molecule has 8 aromatic carbocycles. The predicted octanol–water partition coefficient (Wildman–Crippen LogP) is 23.7. The van der Waals surface area contributed by atoms with E-state index in [4.69, 9.17) is 244 Å². The Hall–Kier alpha value is -4.42. The molecule has 0 aliphatic carbocycles. The van der Waals surface area contributed by atoms with Crippen molar-refractivity contribution in [2.75, 3.05) is 0 Å². The van der Waals surface area contributed by atoms with Gasteiger partial charge in [-0.1, -0.05) is 234 Å². The quantitative estimate of drug-likeness (QED) is 0.106. The summed E-state index contributed by atoms with van der Waals surface area (Å²) in [6.45, 7) is 0. The molecule has 5 heterocycles. The summed E-state index contributed by atoms with van der Waals surface area (Å²) in [4.78, 5) is 39.8. The van der Waals surface area contributed by atoms with Crippen molar-refractivity contribution in [3.63, 3.8) is 0 Å². The molecule has 85 heavy (non-hydrogen) atoms. The van der Waals surface area contributed by atoms with Gasteiger partial charge in [0.25, 0.3) is 0 Å². The van der Waals surface area contributed by atoms with Crippen molar-refractivity contribution in [2.24, 2.45) is 0 Å². The van der Waals surface area contributed by atoms with Crippen LogP contribution in [0.3, 0.4) is 0 Å². The number of halogens is 16. The largest absolute Gasteiger partial charge is 2.00 e. The standard InChI is InChI=1S/C56H16Cl16N8O4.Zn/c57-17-9-1-5-13-21(17)81-45-37(65)29-25(33(61)41(45)69)49-73-50-26-31(39(67)47(42(70)34(26)62)83-23-15-7-3-11-19(23)59)55(75-50)80-56-32-28(36(64)44(72)48(40(32)68)84-24-16-8-4-12-20(24)60)52(79-56)78-54-30-27(51(77-54)76-53(29)74-49)35(63)43(71)46(38(30)66)82-22-14-6-2-10-18(22)58;/h1-16H;/q-2;+2. The Balaban J connectivity index is 0.00000709. The first kappa shape index (κ1) is 60.8. The molecule has 0 saturated carbocycles. The topological polar surface area (TPSA) is 142 Å². The number of nitrogens with zero attached hydrogens (tertiary/aromatic N) is 8. The Bertz CT molecular complexity index is 4940. The van der Waals surface area contributed by atoms with E-state index in [-0.39, 0.29) is 236 Å². The number of ether oxygens (including phenoxy) is 4. The Morgan fingerprint density at radius 1 is 0.247 bits per heavy atom. The number of rotatable bonds is 8. The fraction of sp³-hybridized carbons (Fsp3) is 0. The third-order valence-electron chi connectivity index (χ3n) is 12.8. The molecule has 13 rings (SSSR count). The normalized spacial score (nSPS) is 11.7. The monoisotopic (exact) mass is 1490 g/mol. The van der Waals surface area contributed by atoms with Crippen LogP contribution < -0.4 is 28.9 Å². The van der Waals surface area contributed by atoms with Gasteiger partial charge in [0.2, 0.25) is 0 Å². The van der Waals surface area contributed by atoms with E-state index in [1.54, 1.807) is 97.1 Å². The second-order valence-corrected chi connectivity index (χ2v) is 23.9. The summed E-state index contributed by atoms with van der Waals surface area (Å²) >= 11 is 114. The van der Waals surface area contributed by atoms with Gasteiger partial charge < -0.3 is 48.9 Å². The summed E-state index contributed by atoms with van der Waals surface area (Å²) in [5.41, 5.74) is -0.698. The minimum absolute atomic E-state index is 0. The number of benzene rings is 8. The molecule has 0 radical (unpaired) electrons. The van der Waals surface area contributed by atoms with E-state index in [0.717, 1.165) is 0 Å². The van der Waals surface area contributed by atoms with Crippen molar-refractivity contribution < 1.29 is 38.4 Å². The summed E-state index contributed by atoms with van der Waals surface area (Å²) in [5.74, 6) is -0.698. The summed E-state index contributed by atoms with van der Waals surface area (Å²) in [6, 6.07) is 26.4. The fourth-order valence-corrected chi connectivity index (χ4v) is 13.1. The summed E-state index contributed by atoms with van der Waals surface area (Å²) < 4.78 is 25.2. The number of hydrogen-bond acceptors (Lipinski definition) is 10. The molecule has 2 aliphatic rings. The third-order valence-corrected chi connectivity index (χ3v) is 18.8. The van der Waals surface area contributed by atoms with Crippen LogP contribution in [0.25, 0.3) is 89.7 Å². The Kier molecular flexibility index (Phi) is 17.1. The molecule has 0 spiro atoms. The van der Waals surface area contributed by atoms with Crippen molar-refractivity contribution in [2.45, 2.75) is 0 Å². The van der Waals surface area contributed by atoms with Gasteiger partial charge in [-0.05, 0) is 48.5 Å². The van der Waals surface area contributed by atoms with Crippen molar-refractivity contribution in [3.8, 4) is 91.5 Å². The maximum Gasteiger partial charge on any atom is 2.00 e. The Labute approximate surface area is 570 Å². The molecule has 418 valence electrons. The van der Waals surface area contributed by atoms with Crippen LogP contribution in [0.15, 0.2) is 97.1 Å². The molecule has 0 atom stereocenters. The van der Waals surface area contributed by atoms with Crippen LogP contribution in [-0.2, 0) is 19.5 Å². The maximum absolute atomic E-state index is 7.42. The van der Waals surface area contributed by atoms with Gasteiger partial charge in [0.1, 0.15) is 43.1 Å². The number of aromatic nitrogens is 8. The SMILES string of the molecule is Clc1ccccc1Oc1c(Cl)c(Cl)c2c(c1Cl)-c1nc-2nc2[n-]c(nc3nc(nc4[n-]c(n1)c1c(Cl)c(Cl)c(Oc5ccccc5Cl)c(Cl)c41)-c1c(Cl)c(Cl)c(Oc4ccccc4Cl)c(Cl)c1-3)c1c(Cl)c(Oc3ccccc3Cl)c(Cl)c(Cl)c21.[Zn+2]. The molecule has 11 aromatic rings. The van der Waals surface area contributed by atoms with E-state index >= 15 is 0 Å². The summed E-state index contributed by atoms with van der Waals surface area (Å²) in [7, 11) is 0. The van der Waals surface area contributed by atoms with Crippen LogP contribution >= 0.6 is 186 Å². The molecule has 8 bridgehead atoms. The van der Waals surface area contributed by atoms with Gasteiger partial charge in [0.05, 0.1) is 83.6 Å². The van der Waals surface area contributed by atoms with Crippen LogP contribution in [0.5, 0.6) is 46.0 Å². The summed E-state index contributed by atoms with van der Waals surface area (Å²) in [6.07, 6.45) is 0. The fourth-order valence-electron chi connectivity index (χ4n) is 9.04. The first-order valence-electron chi connectivity index (χ1n) is 23.5. The van der Waals surface area contributed by atoms with Crippen molar-refractivity contribution >= 4 is 230 Å². The number of hydrogen-bond donors (Lipinski definition) is 0. The number of para-hydroxylation sites is 4. The third kappa shape index (κ3) is 10.3. The first-order valence-corrected chi connectivity index (χ1v) is 29.6. The van der Waals surface area contributed by atoms with Crippen LogP contribution in [0.1, 0.15) is 0 Å². The minimum atomic E-state index is -0.201. The average Bonchev–Trinajstić information content (AvgIpc) is 1.70. The van der Waals surface area contributed by atoms with Gasteiger partial charge in [-0.25, -0.2) is 9.97 Å². The molecule has 3 aromatic heterocycles. The van der Waals surface area contributed by atoms with Gasteiger partial charge in [-0.15, -0.1) is 0 Å². The number of fused-ring (bicyclic) bond motifs is 20. The van der Waals surface area contributed by atoms with Gasteiger partial charge in [0, 0.05) is 66.4 Å². The minimum Gasteiger partial charge on any atom is -0.453 e. The molecule has 0 fully saturated rings. The molecular weight excluding hydrogens is 1480 g/mol. The zero-order valence-electron chi connectivity index (χ0n) is 41.2. The van der Waals surface area contributed by atoms with E-state index in [0.29, 0.717) is 0 Å². The van der Waals surface area contributed by atoms with E-state index < -0.39 is 0 Å². The van der Waals surface area contributed by atoms with Crippen LogP contribution in [-0.4, -0.2) is 29.9 Å². The zero-order valence-corrected chi connectivity index (χ0v) is 56.3.